The summed E-state index contributed by atoms with van der Waals surface area (Å²) in [5.41, 5.74) is 0.993. The van der Waals surface area contributed by atoms with Crippen LogP contribution in [0.25, 0.3) is 11.4 Å². The number of hydrogen-bond donors (Lipinski definition) is 0. The minimum absolute atomic E-state index is 0.707. The Bertz CT molecular complexity index is 547. The molecule has 17 heavy (non-hydrogen) atoms. The van der Waals surface area contributed by atoms with E-state index in [-0.39, 0.29) is 0 Å². The van der Waals surface area contributed by atoms with E-state index in [0.29, 0.717) is 5.92 Å². The van der Waals surface area contributed by atoms with Gasteiger partial charge in [-0.2, -0.15) is 5.10 Å². The molecule has 0 saturated heterocycles. The van der Waals surface area contributed by atoms with Crippen LogP contribution in [0.1, 0.15) is 19.2 Å². The number of nitrogens with zero attached hydrogens (tertiary/aromatic N) is 3. The molecule has 0 fully saturated rings. The molecule has 1 aromatic carbocycles. The Balaban J connectivity index is 2.00. The number of halogens is 1. The summed E-state index contributed by atoms with van der Waals surface area (Å²) in [4.78, 5) is 4.61. The van der Waals surface area contributed by atoms with Crippen LogP contribution in [0.2, 0.25) is 5.02 Å². The van der Waals surface area contributed by atoms with Crippen molar-refractivity contribution in [1.82, 2.24) is 14.8 Å². The van der Waals surface area contributed by atoms with Crippen LogP contribution in [0.4, 0.5) is 0 Å². The van der Waals surface area contributed by atoms with Crippen LogP contribution < -0.4 is 0 Å². The van der Waals surface area contributed by atoms with Gasteiger partial charge in [0.2, 0.25) is 0 Å². The van der Waals surface area contributed by atoms with Crippen LogP contribution in [0.5, 0.6) is 0 Å². The first-order valence-electron chi connectivity index (χ1n) is 5.92. The molecule has 2 heterocycles. The molecule has 4 heteroatoms. The van der Waals surface area contributed by atoms with E-state index in [2.05, 4.69) is 17.0 Å². The molecule has 2 aromatic rings. The lowest BCUT2D eigenvalue weighted by Gasteiger charge is -2.17. The highest BCUT2D eigenvalue weighted by Gasteiger charge is 2.19. The van der Waals surface area contributed by atoms with Gasteiger partial charge in [0.15, 0.2) is 5.82 Å². The first-order chi connectivity index (χ1) is 8.22. The van der Waals surface area contributed by atoms with Crippen LogP contribution in [0.15, 0.2) is 24.3 Å². The predicted octanol–water partition coefficient (Wildman–Crippen LogP) is 3.18. The summed E-state index contributed by atoms with van der Waals surface area (Å²) in [6, 6.07) is 7.70. The molecule has 3 nitrogen and oxygen atoms in total. The smallest absolute Gasteiger partial charge is 0.181 e. The third-order valence-electron chi connectivity index (χ3n) is 3.20. The Morgan fingerprint density at radius 2 is 2.29 bits per heavy atom. The highest BCUT2D eigenvalue weighted by Crippen LogP contribution is 2.23. The molecule has 0 N–H and O–H groups in total. The van der Waals surface area contributed by atoms with Crippen molar-refractivity contribution >= 4 is 11.6 Å². The molecule has 88 valence electrons. The van der Waals surface area contributed by atoms with Gasteiger partial charge in [-0.1, -0.05) is 30.7 Å². The largest absolute Gasteiger partial charge is 0.249 e. The van der Waals surface area contributed by atoms with Crippen molar-refractivity contribution in [3.63, 3.8) is 0 Å². The van der Waals surface area contributed by atoms with Crippen molar-refractivity contribution < 1.29 is 0 Å². The van der Waals surface area contributed by atoms with Gasteiger partial charge in [-0.25, -0.2) is 9.67 Å². The van der Waals surface area contributed by atoms with Crippen LogP contribution in [-0.4, -0.2) is 14.8 Å². The van der Waals surface area contributed by atoms with Gasteiger partial charge in [-0.15, -0.1) is 0 Å². The standard InChI is InChI=1S/C13H14ClN3/c1-9-5-6-17-12(7-9)15-13(16-17)10-3-2-4-11(14)8-10/h2-4,8-9H,5-7H2,1H3. The van der Waals surface area contributed by atoms with Crippen molar-refractivity contribution in [3.8, 4) is 11.4 Å². The van der Waals surface area contributed by atoms with E-state index in [1.807, 2.05) is 28.9 Å². The lowest BCUT2D eigenvalue weighted by atomic mass is 10.0. The lowest BCUT2D eigenvalue weighted by molar-refractivity contribution is 0.386. The van der Waals surface area contributed by atoms with E-state index in [9.17, 15) is 0 Å². The Kier molecular flexibility index (Phi) is 2.63. The normalized spacial score (nSPS) is 19.1. The van der Waals surface area contributed by atoms with E-state index < -0.39 is 0 Å². The highest BCUT2D eigenvalue weighted by molar-refractivity contribution is 6.30. The Morgan fingerprint density at radius 1 is 1.41 bits per heavy atom. The second-order valence-corrected chi connectivity index (χ2v) is 5.12. The monoisotopic (exact) mass is 247 g/mol. The summed E-state index contributed by atoms with van der Waals surface area (Å²) in [5, 5.41) is 5.27. The number of fused-ring (bicyclic) bond motifs is 1. The van der Waals surface area contributed by atoms with E-state index in [0.717, 1.165) is 35.2 Å². The summed E-state index contributed by atoms with van der Waals surface area (Å²) in [5.74, 6) is 2.59. The third kappa shape index (κ3) is 2.07. The topological polar surface area (TPSA) is 30.7 Å². The van der Waals surface area contributed by atoms with Crippen molar-refractivity contribution in [2.45, 2.75) is 26.3 Å². The molecular formula is C13H14ClN3. The molecule has 0 aliphatic carbocycles. The Hall–Kier alpha value is -1.35. The quantitative estimate of drug-likeness (QED) is 0.775. The van der Waals surface area contributed by atoms with Crippen molar-refractivity contribution in [1.29, 1.82) is 0 Å². The van der Waals surface area contributed by atoms with Crippen LogP contribution in [0.3, 0.4) is 0 Å². The maximum atomic E-state index is 5.98. The van der Waals surface area contributed by atoms with Gasteiger partial charge >= 0.3 is 0 Å². The van der Waals surface area contributed by atoms with E-state index in [1.54, 1.807) is 0 Å². The number of hydrogen-bond acceptors (Lipinski definition) is 2. The first-order valence-corrected chi connectivity index (χ1v) is 6.30. The number of aryl methyl sites for hydroxylation is 1. The van der Waals surface area contributed by atoms with E-state index >= 15 is 0 Å². The average Bonchev–Trinajstić information content (AvgIpc) is 2.72. The molecule has 0 radical (unpaired) electrons. The highest BCUT2D eigenvalue weighted by atomic mass is 35.5. The summed E-state index contributed by atoms with van der Waals surface area (Å²) in [6.07, 6.45) is 2.21. The summed E-state index contributed by atoms with van der Waals surface area (Å²) in [6.45, 7) is 3.24. The number of rotatable bonds is 1. The van der Waals surface area contributed by atoms with Crippen LogP contribution >= 0.6 is 11.6 Å². The minimum atomic E-state index is 0.707. The number of aromatic nitrogens is 3. The molecule has 0 saturated carbocycles. The molecule has 1 atom stereocenters. The Morgan fingerprint density at radius 3 is 3.12 bits per heavy atom. The minimum Gasteiger partial charge on any atom is -0.249 e. The maximum absolute atomic E-state index is 5.98. The second kappa shape index (κ2) is 4.15. The molecular weight excluding hydrogens is 234 g/mol. The van der Waals surface area contributed by atoms with Gasteiger partial charge in [-0.3, -0.25) is 0 Å². The van der Waals surface area contributed by atoms with Crippen LogP contribution in [0, 0.1) is 5.92 Å². The SMILES string of the molecule is CC1CCn2nc(-c3cccc(Cl)c3)nc2C1. The van der Waals surface area contributed by atoms with Gasteiger partial charge < -0.3 is 0 Å². The molecule has 0 bridgehead atoms. The Labute approximate surface area is 105 Å². The fourth-order valence-electron chi connectivity index (χ4n) is 2.21. The molecule has 3 rings (SSSR count). The van der Waals surface area contributed by atoms with Crippen molar-refractivity contribution in [3.05, 3.63) is 35.1 Å². The van der Waals surface area contributed by atoms with E-state index in [1.165, 1.54) is 6.42 Å². The van der Waals surface area contributed by atoms with Gasteiger partial charge in [0.05, 0.1) is 0 Å². The zero-order chi connectivity index (χ0) is 11.8. The summed E-state index contributed by atoms with van der Waals surface area (Å²) >= 11 is 5.98. The summed E-state index contributed by atoms with van der Waals surface area (Å²) in [7, 11) is 0. The third-order valence-corrected chi connectivity index (χ3v) is 3.43. The zero-order valence-corrected chi connectivity index (χ0v) is 10.5. The first kappa shape index (κ1) is 10.8. The van der Waals surface area contributed by atoms with Gasteiger partial charge in [-0.05, 0) is 24.5 Å². The molecule has 0 spiro atoms. The second-order valence-electron chi connectivity index (χ2n) is 4.68. The molecule has 1 unspecified atom stereocenters. The van der Waals surface area contributed by atoms with Crippen molar-refractivity contribution in [2.24, 2.45) is 5.92 Å². The molecule has 0 amide bonds. The van der Waals surface area contributed by atoms with Gasteiger partial charge in [0, 0.05) is 23.6 Å². The average molecular weight is 248 g/mol. The van der Waals surface area contributed by atoms with Crippen molar-refractivity contribution in [2.75, 3.05) is 0 Å². The lowest BCUT2D eigenvalue weighted by Crippen LogP contribution is -2.18. The molecule has 1 aliphatic rings. The fraction of sp³-hybridized carbons (Fsp3) is 0.385. The van der Waals surface area contributed by atoms with E-state index in [4.69, 9.17) is 11.6 Å². The zero-order valence-electron chi connectivity index (χ0n) is 9.73. The molecule has 1 aromatic heterocycles. The van der Waals surface area contributed by atoms with Gasteiger partial charge in [0.25, 0.3) is 0 Å². The number of benzene rings is 1. The fourth-order valence-corrected chi connectivity index (χ4v) is 2.40. The summed E-state index contributed by atoms with van der Waals surface area (Å²) < 4.78 is 2.02. The van der Waals surface area contributed by atoms with Gasteiger partial charge in [0.1, 0.15) is 5.82 Å². The van der Waals surface area contributed by atoms with Crippen LogP contribution in [-0.2, 0) is 13.0 Å². The maximum Gasteiger partial charge on any atom is 0.181 e. The molecule has 1 aliphatic heterocycles. The predicted molar refractivity (Wildman–Crippen MR) is 68.0 cm³/mol.